The molecule has 0 aliphatic carbocycles. The summed E-state index contributed by atoms with van der Waals surface area (Å²) in [4.78, 5) is 35.1. The Bertz CT molecular complexity index is 1970. The summed E-state index contributed by atoms with van der Waals surface area (Å²) in [6.45, 7) is 1.05. The summed E-state index contributed by atoms with van der Waals surface area (Å²) in [5.74, 6) is 1.21. The van der Waals surface area contributed by atoms with Crippen LogP contribution in [0.25, 0.3) is 28.1 Å². The lowest BCUT2D eigenvalue weighted by Crippen LogP contribution is -2.40. The molecule has 12 heteroatoms. The van der Waals surface area contributed by atoms with Crippen molar-refractivity contribution >= 4 is 40.3 Å². The summed E-state index contributed by atoms with van der Waals surface area (Å²) in [6, 6.07) is 25.0. The Morgan fingerprint density at radius 1 is 0.977 bits per heavy atom. The molecule has 1 aliphatic rings. The number of rotatable bonds is 7. The van der Waals surface area contributed by atoms with Crippen LogP contribution in [0, 0.1) is 0 Å². The van der Waals surface area contributed by atoms with Gasteiger partial charge in [0.2, 0.25) is 5.89 Å². The fourth-order valence-electron chi connectivity index (χ4n) is 5.52. The highest BCUT2D eigenvalue weighted by Crippen LogP contribution is 2.33. The van der Waals surface area contributed by atoms with E-state index in [4.69, 9.17) is 16.0 Å². The first-order chi connectivity index (χ1) is 21.1. The third-order valence-corrected chi connectivity index (χ3v) is 8.84. The van der Waals surface area contributed by atoms with Gasteiger partial charge in [-0.3, -0.25) is 13.9 Å². The van der Waals surface area contributed by atoms with Crippen molar-refractivity contribution in [3.63, 3.8) is 0 Å². The number of hydrogen-bond donors (Lipinski definition) is 1. The Morgan fingerprint density at radius 2 is 1.72 bits per heavy atom. The van der Waals surface area contributed by atoms with E-state index < -0.39 is 0 Å². The first-order valence-electron chi connectivity index (χ1n) is 13.9. The minimum Gasteiger partial charge on any atom is -0.447 e. The molecule has 1 fully saturated rings. The molecular formula is C31H26ClN7O3S. The van der Waals surface area contributed by atoms with Gasteiger partial charge in [0.15, 0.2) is 16.7 Å². The Labute approximate surface area is 255 Å². The van der Waals surface area contributed by atoms with Crippen molar-refractivity contribution in [3.8, 4) is 17.1 Å². The number of nitrogens with one attached hydrogen (secondary N) is 1. The molecule has 3 aromatic carbocycles. The lowest BCUT2D eigenvalue weighted by Gasteiger charge is -2.32. The summed E-state index contributed by atoms with van der Waals surface area (Å²) in [5, 5.41) is 10.1. The van der Waals surface area contributed by atoms with Gasteiger partial charge in [-0.15, -0.1) is 10.2 Å². The predicted molar refractivity (Wildman–Crippen MR) is 165 cm³/mol. The molecule has 0 radical (unpaired) electrons. The molecule has 0 unspecified atom stereocenters. The molecule has 0 saturated carbocycles. The number of carbonyl (C=O) groups is 1. The molecule has 1 amide bonds. The van der Waals surface area contributed by atoms with Gasteiger partial charge in [0, 0.05) is 30.4 Å². The number of benzene rings is 3. The second-order valence-corrected chi connectivity index (χ2v) is 11.6. The molecule has 0 spiro atoms. The van der Waals surface area contributed by atoms with Crippen LogP contribution in [0.3, 0.4) is 0 Å². The Hall–Kier alpha value is -4.61. The molecule has 6 aromatic rings. The Morgan fingerprint density at radius 3 is 2.53 bits per heavy atom. The minimum atomic E-state index is -0.182. The van der Waals surface area contributed by atoms with E-state index in [1.54, 1.807) is 4.90 Å². The molecule has 0 bridgehead atoms. The van der Waals surface area contributed by atoms with Crippen LogP contribution < -0.4 is 5.69 Å². The summed E-state index contributed by atoms with van der Waals surface area (Å²) in [5.41, 5.74) is 3.52. The lowest BCUT2D eigenvalue weighted by atomic mass is 10.0. The smallest absolute Gasteiger partial charge is 0.326 e. The van der Waals surface area contributed by atoms with Gasteiger partial charge >= 0.3 is 5.69 Å². The number of para-hydroxylation sites is 3. The average molecular weight is 612 g/mol. The number of aromatic nitrogens is 6. The lowest BCUT2D eigenvalue weighted by molar-refractivity contribution is 0.0689. The van der Waals surface area contributed by atoms with E-state index >= 15 is 0 Å². The highest BCUT2D eigenvalue weighted by Gasteiger charge is 2.28. The number of aromatic amines is 1. The number of halogens is 1. The van der Waals surface area contributed by atoms with Crippen molar-refractivity contribution in [2.45, 2.75) is 29.8 Å². The van der Waals surface area contributed by atoms with Gasteiger partial charge < -0.3 is 14.3 Å². The van der Waals surface area contributed by atoms with E-state index in [2.05, 4.69) is 20.2 Å². The molecule has 3 aromatic heterocycles. The Kier molecular flexibility index (Phi) is 7.33. The number of nitrogens with zero attached hydrogens (tertiary/aromatic N) is 6. The number of piperidine rings is 1. The highest BCUT2D eigenvalue weighted by molar-refractivity contribution is 7.98. The van der Waals surface area contributed by atoms with Gasteiger partial charge in [-0.2, -0.15) is 0 Å². The second kappa shape index (κ2) is 11.6. The third-order valence-electron chi connectivity index (χ3n) is 7.60. The summed E-state index contributed by atoms with van der Waals surface area (Å²) in [7, 11) is 0. The number of H-pyrrole nitrogens is 1. The SMILES string of the molecule is O=C(c1coc(CSc2nnc(-c3ccccc3Cl)n2-c2ccccc2)n1)N1CCC(n2c(=O)[nH]c3ccccc32)CC1. The largest absolute Gasteiger partial charge is 0.447 e. The van der Waals surface area contributed by atoms with Gasteiger partial charge in [-0.1, -0.05) is 65.8 Å². The van der Waals surface area contributed by atoms with Crippen molar-refractivity contribution < 1.29 is 9.21 Å². The molecule has 43 heavy (non-hydrogen) atoms. The quantitative estimate of drug-likeness (QED) is 0.221. The van der Waals surface area contributed by atoms with Crippen molar-refractivity contribution in [3.05, 3.63) is 112 Å². The van der Waals surface area contributed by atoms with Crippen molar-refractivity contribution in [1.29, 1.82) is 0 Å². The molecule has 0 atom stereocenters. The standard InChI is InChI=1S/C31H26ClN7O3S/c32-23-11-5-4-10-22(23)28-35-36-31(39(28)20-8-2-1-3-9-20)43-19-27-33-25(18-42-27)29(40)37-16-14-21(15-17-37)38-26-13-7-6-12-24(26)34-30(38)41/h1-13,18,21H,14-17,19H2,(H,34,41). The normalized spacial score (nSPS) is 14.0. The van der Waals surface area contributed by atoms with Crippen LogP contribution in [-0.2, 0) is 5.75 Å². The van der Waals surface area contributed by atoms with Gasteiger partial charge in [0.25, 0.3) is 5.91 Å². The van der Waals surface area contributed by atoms with Gasteiger partial charge in [0.1, 0.15) is 6.26 Å². The van der Waals surface area contributed by atoms with Gasteiger partial charge in [0.05, 0.1) is 21.8 Å². The van der Waals surface area contributed by atoms with E-state index in [1.165, 1.54) is 18.0 Å². The Balaban J connectivity index is 1.04. The maximum atomic E-state index is 13.3. The summed E-state index contributed by atoms with van der Waals surface area (Å²) in [6.07, 6.45) is 2.76. The zero-order valence-electron chi connectivity index (χ0n) is 22.9. The predicted octanol–water partition coefficient (Wildman–Crippen LogP) is 5.99. The van der Waals surface area contributed by atoms with Crippen LogP contribution in [0.4, 0.5) is 0 Å². The molecule has 10 nitrogen and oxygen atoms in total. The van der Waals surface area contributed by atoms with Crippen LogP contribution in [0.2, 0.25) is 5.02 Å². The number of imidazole rings is 1. The van der Waals surface area contributed by atoms with Gasteiger partial charge in [-0.25, -0.2) is 9.78 Å². The number of carbonyl (C=O) groups excluding carboxylic acids is 1. The monoisotopic (exact) mass is 611 g/mol. The summed E-state index contributed by atoms with van der Waals surface area (Å²) >= 11 is 7.90. The van der Waals surface area contributed by atoms with Crippen LogP contribution >= 0.6 is 23.4 Å². The number of thioether (sulfide) groups is 1. The van der Waals surface area contributed by atoms with Gasteiger partial charge in [-0.05, 0) is 49.2 Å². The van der Waals surface area contributed by atoms with Crippen LogP contribution in [0.5, 0.6) is 0 Å². The average Bonchev–Trinajstić information content (AvgIpc) is 3.77. The van der Waals surface area contributed by atoms with E-state index in [0.717, 1.165) is 22.3 Å². The molecular weight excluding hydrogens is 586 g/mol. The molecule has 216 valence electrons. The first-order valence-corrected chi connectivity index (χ1v) is 15.2. The zero-order chi connectivity index (χ0) is 29.3. The van der Waals surface area contributed by atoms with Crippen LogP contribution in [0.15, 0.2) is 99.5 Å². The fraction of sp³-hybridized carbons (Fsp3) is 0.194. The van der Waals surface area contributed by atoms with Crippen molar-refractivity contribution in [1.82, 2.24) is 34.2 Å². The molecule has 1 N–H and O–H groups in total. The zero-order valence-corrected chi connectivity index (χ0v) is 24.5. The fourth-order valence-corrected chi connectivity index (χ4v) is 6.54. The molecule has 4 heterocycles. The minimum absolute atomic E-state index is 0.0228. The molecule has 7 rings (SSSR count). The van der Waals surface area contributed by atoms with Crippen LogP contribution in [0.1, 0.15) is 35.3 Å². The number of oxazole rings is 1. The molecule has 1 aliphatic heterocycles. The van der Waals surface area contributed by atoms with E-state index in [1.807, 2.05) is 88.0 Å². The van der Waals surface area contributed by atoms with Crippen molar-refractivity contribution in [2.75, 3.05) is 13.1 Å². The van der Waals surface area contributed by atoms with Crippen LogP contribution in [-0.4, -0.2) is 53.2 Å². The number of amides is 1. The first kappa shape index (κ1) is 27.2. The van der Waals surface area contributed by atoms with E-state index in [-0.39, 0.29) is 23.3 Å². The highest BCUT2D eigenvalue weighted by atomic mass is 35.5. The maximum absolute atomic E-state index is 13.3. The second-order valence-electron chi connectivity index (χ2n) is 10.2. The topological polar surface area (TPSA) is 115 Å². The van der Waals surface area contributed by atoms with E-state index in [9.17, 15) is 9.59 Å². The third kappa shape index (κ3) is 5.26. The van der Waals surface area contributed by atoms with E-state index in [0.29, 0.717) is 53.6 Å². The number of fused-ring (bicyclic) bond motifs is 1. The number of likely N-dealkylation sites (tertiary alicyclic amines) is 1. The number of hydrogen-bond acceptors (Lipinski definition) is 7. The molecule has 1 saturated heterocycles. The van der Waals surface area contributed by atoms with Crippen molar-refractivity contribution in [2.24, 2.45) is 0 Å². The maximum Gasteiger partial charge on any atom is 0.326 e. The summed E-state index contributed by atoms with van der Waals surface area (Å²) < 4.78 is 9.45.